The van der Waals surface area contributed by atoms with Crippen molar-refractivity contribution in [2.75, 3.05) is 13.7 Å². The number of hydrogen-bond donors (Lipinski definition) is 2. The van der Waals surface area contributed by atoms with Crippen LogP contribution in [0.3, 0.4) is 0 Å². The van der Waals surface area contributed by atoms with Gasteiger partial charge in [-0.3, -0.25) is 9.36 Å². The number of methoxy groups -OCH3 is 1. The molecule has 0 radical (unpaired) electrons. The number of rotatable bonds is 3. The van der Waals surface area contributed by atoms with Gasteiger partial charge in [-0.1, -0.05) is 6.42 Å². The van der Waals surface area contributed by atoms with Crippen LogP contribution in [0.1, 0.15) is 19.3 Å². The average molecular weight is 289 g/mol. The van der Waals surface area contributed by atoms with Crippen LogP contribution in [0.25, 0.3) is 10.9 Å². The Morgan fingerprint density at radius 1 is 1.33 bits per heavy atom. The van der Waals surface area contributed by atoms with Crippen molar-refractivity contribution in [2.24, 2.45) is 0 Å². The van der Waals surface area contributed by atoms with E-state index < -0.39 is 0 Å². The largest absolute Gasteiger partial charge is 0.497 e. The van der Waals surface area contributed by atoms with Crippen molar-refractivity contribution in [3.63, 3.8) is 0 Å². The average Bonchev–Trinajstić information content (AvgIpc) is 2.52. The quantitative estimate of drug-likeness (QED) is 0.878. The minimum atomic E-state index is -0.367. The molecule has 1 atom stereocenters. The number of nitrogens with one attached hydrogen (secondary N) is 2. The Bertz CT molecular complexity index is 757. The van der Waals surface area contributed by atoms with Crippen molar-refractivity contribution in [1.29, 1.82) is 0 Å². The minimum Gasteiger partial charge on any atom is -0.497 e. The fourth-order valence-electron chi connectivity index (χ4n) is 2.83. The lowest BCUT2D eigenvalue weighted by Gasteiger charge is -2.23. The number of piperidine rings is 1. The molecule has 6 heteroatoms. The van der Waals surface area contributed by atoms with Crippen LogP contribution in [-0.2, 0) is 6.54 Å². The Hall–Kier alpha value is -2.08. The fourth-order valence-corrected chi connectivity index (χ4v) is 2.83. The zero-order chi connectivity index (χ0) is 14.8. The first-order valence-electron chi connectivity index (χ1n) is 7.23. The number of nitrogens with zero attached hydrogens (tertiary/aromatic N) is 1. The van der Waals surface area contributed by atoms with E-state index in [4.69, 9.17) is 4.74 Å². The van der Waals surface area contributed by atoms with Gasteiger partial charge in [0, 0.05) is 18.7 Å². The molecule has 0 aliphatic carbocycles. The van der Waals surface area contributed by atoms with Crippen molar-refractivity contribution in [3.05, 3.63) is 39.0 Å². The summed E-state index contributed by atoms with van der Waals surface area (Å²) in [5.74, 6) is 0.615. The van der Waals surface area contributed by atoms with Gasteiger partial charge < -0.3 is 15.0 Å². The van der Waals surface area contributed by atoms with E-state index in [0.29, 0.717) is 23.2 Å². The third-order valence-electron chi connectivity index (χ3n) is 4.00. The second-order valence-corrected chi connectivity index (χ2v) is 5.40. The Morgan fingerprint density at radius 2 is 2.19 bits per heavy atom. The van der Waals surface area contributed by atoms with E-state index in [0.717, 1.165) is 25.8 Å². The summed E-state index contributed by atoms with van der Waals surface area (Å²) in [4.78, 5) is 27.4. The molecular weight excluding hydrogens is 270 g/mol. The lowest BCUT2D eigenvalue weighted by atomic mass is 10.1. The first-order valence-corrected chi connectivity index (χ1v) is 7.23. The molecule has 0 saturated carbocycles. The molecular formula is C15H19N3O3. The molecule has 1 unspecified atom stereocenters. The molecule has 1 fully saturated rings. The topological polar surface area (TPSA) is 76.1 Å². The van der Waals surface area contributed by atoms with Gasteiger partial charge in [-0.05, 0) is 31.5 Å². The van der Waals surface area contributed by atoms with Crippen molar-refractivity contribution in [3.8, 4) is 5.75 Å². The van der Waals surface area contributed by atoms with Crippen molar-refractivity contribution >= 4 is 10.9 Å². The predicted octanol–water partition coefficient (Wildman–Crippen LogP) is 0.841. The van der Waals surface area contributed by atoms with Crippen molar-refractivity contribution in [1.82, 2.24) is 14.9 Å². The summed E-state index contributed by atoms with van der Waals surface area (Å²) in [6.45, 7) is 1.36. The predicted molar refractivity (Wildman–Crippen MR) is 81.0 cm³/mol. The Balaban J connectivity index is 2.03. The van der Waals surface area contributed by atoms with Crippen LogP contribution in [0.4, 0.5) is 0 Å². The SMILES string of the molecule is COc1ccc2c(=O)n(CC3CCCCN3)c(=O)[nH]c2c1. The lowest BCUT2D eigenvalue weighted by molar-refractivity contribution is 0.355. The van der Waals surface area contributed by atoms with Crippen LogP contribution in [0, 0.1) is 0 Å². The normalized spacial score (nSPS) is 18.8. The monoisotopic (exact) mass is 289 g/mol. The summed E-state index contributed by atoms with van der Waals surface area (Å²) in [5, 5.41) is 3.86. The molecule has 1 aliphatic rings. The first-order chi connectivity index (χ1) is 10.2. The molecule has 0 bridgehead atoms. The third kappa shape index (κ3) is 2.71. The summed E-state index contributed by atoms with van der Waals surface area (Å²) in [7, 11) is 1.55. The highest BCUT2D eigenvalue weighted by Crippen LogP contribution is 2.15. The van der Waals surface area contributed by atoms with Gasteiger partial charge in [0.2, 0.25) is 0 Å². The van der Waals surface area contributed by atoms with Gasteiger partial charge in [0.1, 0.15) is 5.75 Å². The van der Waals surface area contributed by atoms with Gasteiger partial charge in [-0.15, -0.1) is 0 Å². The Labute approximate surface area is 121 Å². The first kappa shape index (κ1) is 13.9. The summed E-state index contributed by atoms with van der Waals surface area (Å²) in [5.41, 5.74) is -0.103. The molecule has 1 aromatic carbocycles. The number of benzene rings is 1. The van der Waals surface area contributed by atoms with E-state index in [1.54, 1.807) is 25.3 Å². The Morgan fingerprint density at radius 3 is 2.90 bits per heavy atom. The van der Waals surface area contributed by atoms with Crippen molar-refractivity contribution < 1.29 is 4.74 Å². The van der Waals surface area contributed by atoms with Crippen LogP contribution in [-0.4, -0.2) is 29.2 Å². The molecule has 2 N–H and O–H groups in total. The van der Waals surface area contributed by atoms with Gasteiger partial charge in [-0.25, -0.2) is 4.79 Å². The van der Waals surface area contributed by atoms with E-state index in [1.807, 2.05) is 0 Å². The maximum Gasteiger partial charge on any atom is 0.328 e. The summed E-state index contributed by atoms with van der Waals surface area (Å²) in [6.07, 6.45) is 3.28. The van der Waals surface area contributed by atoms with Crippen LogP contribution in [0.2, 0.25) is 0 Å². The number of ether oxygens (including phenoxy) is 1. The molecule has 1 saturated heterocycles. The maximum atomic E-state index is 12.5. The maximum absolute atomic E-state index is 12.5. The molecule has 3 rings (SSSR count). The smallest absolute Gasteiger partial charge is 0.328 e. The van der Waals surface area contributed by atoms with Gasteiger partial charge in [0.25, 0.3) is 5.56 Å². The van der Waals surface area contributed by atoms with E-state index in [2.05, 4.69) is 10.3 Å². The van der Waals surface area contributed by atoms with Crippen LogP contribution in [0.15, 0.2) is 27.8 Å². The number of hydrogen-bond acceptors (Lipinski definition) is 4. The number of aromatic nitrogens is 2. The fraction of sp³-hybridized carbons (Fsp3) is 0.467. The molecule has 1 aliphatic heterocycles. The zero-order valence-corrected chi connectivity index (χ0v) is 12.0. The van der Waals surface area contributed by atoms with Gasteiger partial charge in [-0.2, -0.15) is 0 Å². The molecule has 1 aromatic heterocycles. The third-order valence-corrected chi connectivity index (χ3v) is 4.00. The van der Waals surface area contributed by atoms with Crippen LogP contribution >= 0.6 is 0 Å². The van der Waals surface area contributed by atoms with E-state index in [1.165, 1.54) is 4.57 Å². The lowest BCUT2D eigenvalue weighted by Crippen LogP contribution is -2.44. The zero-order valence-electron chi connectivity index (χ0n) is 12.0. The molecule has 6 nitrogen and oxygen atoms in total. The summed E-state index contributed by atoms with van der Waals surface area (Å²) in [6, 6.07) is 5.28. The second kappa shape index (κ2) is 5.73. The van der Waals surface area contributed by atoms with Gasteiger partial charge in [0.15, 0.2) is 0 Å². The van der Waals surface area contributed by atoms with Gasteiger partial charge >= 0.3 is 5.69 Å². The van der Waals surface area contributed by atoms with E-state index in [-0.39, 0.29) is 17.3 Å². The second-order valence-electron chi connectivity index (χ2n) is 5.40. The number of aromatic amines is 1. The number of H-pyrrole nitrogens is 1. The standard InChI is InChI=1S/C15H19N3O3/c1-21-11-5-6-12-13(8-11)17-15(20)18(14(12)19)9-10-4-2-3-7-16-10/h5-6,8,10,16H,2-4,7,9H2,1H3,(H,17,20). The molecule has 21 heavy (non-hydrogen) atoms. The molecule has 0 spiro atoms. The highest BCUT2D eigenvalue weighted by molar-refractivity contribution is 5.78. The van der Waals surface area contributed by atoms with Crippen LogP contribution < -0.4 is 21.3 Å². The molecule has 0 amide bonds. The highest BCUT2D eigenvalue weighted by atomic mass is 16.5. The summed E-state index contributed by atoms with van der Waals surface area (Å²) >= 11 is 0. The number of fused-ring (bicyclic) bond motifs is 1. The van der Waals surface area contributed by atoms with E-state index in [9.17, 15) is 9.59 Å². The van der Waals surface area contributed by atoms with Crippen LogP contribution in [0.5, 0.6) is 5.75 Å². The van der Waals surface area contributed by atoms with Gasteiger partial charge in [0.05, 0.1) is 18.0 Å². The molecule has 112 valence electrons. The molecule has 2 heterocycles. The Kier molecular flexibility index (Phi) is 3.79. The highest BCUT2D eigenvalue weighted by Gasteiger charge is 2.16. The summed E-state index contributed by atoms with van der Waals surface area (Å²) < 4.78 is 6.40. The molecule has 2 aromatic rings. The van der Waals surface area contributed by atoms with Crippen molar-refractivity contribution in [2.45, 2.75) is 31.8 Å². The minimum absolute atomic E-state index is 0.188. The van der Waals surface area contributed by atoms with E-state index >= 15 is 0 Å².